The van der Waals surface area contributed by atoms with Crippen molar-refractivity contribution in [3.05, 3.63) is 65.7 Å². The van der Waals surface area contributed by atoms with Crippen molar-refractivity contribution in [3.63, 3.8) is 0 Å². The van der Waals surface area contributed by atoms with Gasteiger partial charge in [-0.25, -0.2) is 4.39 Å². The van der Waals surface area contributed by atoms with Crippen LogP contribution in [0.5, 0.6) is 0 Å². The number of nitrogens with one attached hydrogen (secondary N) is 1. The molecule has 0 saturated carbocycles. The Labute approximate surface area is 145 Å². The maximum Gasteiger partial charge on any atom is 0.253 e. The number of halogens is 1. The Balaban J connectivity index is 1.45. The van der Waals surface area contributed by atoms with E-state index < -0.39 is 0 Å². The number of aromatic nitrogens is 1. The second-order valence-corrected chi connectivity index (χ2v) is 6.19. The number of nitrogens with zero attached hydrogens (tertiary/aromatic N) is 2. The molecule has 2 heterocycles. The molecule has 0 unspecified atom stereocenters. The van der Waals surface area contributed by atoms with Gasteiger partial charge in [-0.1, -0.05) is 0 Å². The molecule has 25 heavy (non-hydrogen) atoms. The Hall–Kier alpha value is -2.76. The van der Waals surface area contributed by atoms with Crippen LogP contribution in [-0.4, -0.2) is 41.3 Å². The summed E-state index contributed by atoms with van der Waals surface area (Å²) in [5.41, 5.74) is 1.10. The molecular weight excluding hydrogens is 321 g/mol. The van der Waals surface area contributed by atoms with Crippen LogP contribution in [0, 0.1) is 11.7 Å². The van der Waals surface area contributed by atoms with Gasteiger partial charge in [0, 0.05) is 43.2 Å². The average molecular weight is 341 g/mol. The number of hydrogen-bond acceptors (Lipinski definition) is 3. The first kappa shape index (κ1) is 17.1. The zero-order valence-electron chi connectivity index (χ0n) is 13.8. The molecule has 1 fully saturated rings. The lowest BCUT2D eigenvalue weighted by Gasteiger charge is -2.32. The molecule has 130 valence electrons. The number of rotatable bonds is 4. The minimum Gasteiger partial charge on any atom is -0.352 e. The summed E-state index contributed by atoms with van der Waals surface area (Å²) in [5.74, 6) is -0.194. The van der Waals surface area contributed by atoms with Gasteiger partial charge in [-0.15, -0.1) is 0 Å². The molecule has 3 rings (SSSR count). The van der Waals surface area contributed by atoms with Gasteiger partial charge in [-0.2, -0.15) is 0 Å². The van der Waals surface area contributed by atoms with Crippen LogP contribution in [0.3, 0.4) is 0 Å². The summed E-state index contributed by atoms with van der Waals surface area (Å²) in [6.07, 6.45) is 4.93. The maximum absolute atomic E-state index is 12.9. The number of hydrogen-bond donors (Lipinski definition) is 1. The summed E-state index contributed by atoms with van der Waals surface area (Å²) in [4.78, 5) is 30.2. The van der Waals surface area contributed by atoms with Crippen molar-refractivity contribution in [1.29, 1.82) is 0 Å². The van der Waals surface area contributed by atoms with Crippen molar-refractivity contribution < 1.29 is 14.0 Å². The van der Waals surface area contributed by atoms with Crippen molar-refractivity contribution in [2.45, 2.75) is 12.8 Å². The predicted molar refractivity (Wildman–Crippen MR) is 91.6 cm³/mol. The van der Waals surface area contributed by atoms with E-state index in [-0.39, 0.29) is 17.6 Å². The zero-order chi connectivity index (χ0) is 17.6. The molecule has 0 spiro atoms. The molecule has 2 aromatic rings. The summed E-state index contributed by atoms with van der Waals surface area (Å²) in [5, 5.41) is 2.89. The number of carbonyl (C=O) groups excluding carboxylic acids is 2. The van der Waals surface area contributed by atoms with Crippen LogP contribution in [0.15, 0.2) is 48.8 Å². The molecule has 0 aliphatic carbocycles. The fourth-order valence-electron chi connectivity index (χ4n) is 2.96. The molecular formula is C19H20FN3O2. The third-order valence-electron chi connectivity index (χ3n) is 4.49. The molecule has 0 bridgehead atoms. The lowest BCUT2D eigenvalue weighted by molar-refractivity contribution is 0.0684. The number of piperidine rings is 1. The summed E-state index contributed by atoms with van der Waals surface area (Å²) < 4.78 is 12.9. The van der Waals surface area contributed by atoms with E-state index in [1.807, 2.05) is 4.90 Å². The van der Waals surface area contributed by atoms with Crippen molar-refractivity contribution >= 4 is 11.8 Å². The molecule has 1 aliphatic heterocycles. The smallest absolute Gasteiger partial charge is 0.253 e. The highest BCUT2D eigenvalue weighted by Gasteiger charge is 2.24. The monoisotopic (exact) mass is 341 g/mol. The average Bonchev–Trinajstić information content (AvgIpc) is 2.67. The topological polar surface area (TPSA) is 62.3 Å². The van der Waals surface area contributed by atoms with Crippen LogP contribution >= 0.6 is 0 Å². The highest BCUT2D eigenvalue weighted by atomic mass is 19.1. The third-order valence-corrected chi connectivity index (χ3v) is 4.49. The third kappa shape index (κ3) is 4.41. The Bertz CT molecular complexity index is 726. The number of pyridine rings is 1. The fourth-order valence-corrected chi connectivity index (χ4v) is 2.96. The number of likely N-dealkylation sites (tertiary alicyclic amines) is 1. The summed E-state index contributed by atoms with van der Waals surface area (Å²) in [7, 11) is 0. The van der Waals surface area contributed by atoms with E-state index in [0.29, 0.717) is 36.7 Å². The van der Waals surface area contributed by atoms with E-state index in [2.05, 4.69) is 10.3 Å². The van der Waals surface area contributed by atoms with Crippen LogP contribution in [0.1, 0.15) is 33.6 Å². The molecule has 1 saturated heterocycles. The van der Waals surface area contributed by atoms with Gasteiger partial charge in [0.2, 0.25) is 0 Å². The van der Waals surface area contributed by atoms with E-state index in [1.165, 1.54) is 24.3 Å². The predicted octanol–water partition coefficient (Wildman–Crippen LogP) is 2.50. The zero-order valence-corrected chi connectivity index (χ0v) is 13.8. The van der Waals surface area contributed by atoms with Gasteiger partial charge in [0.1, 0.15) is 5.82 Å². The first-order chi connectivity index (χ1) is 12.1. The minimum absolute atomic E-state index is 0.0243. The van der Waals surface area contributed by atoms with Crippen molar-refractivity contribution in [2.75, 3.05) is 19.6 Å². The maximum atomic E-state index is 12.9. The minimum atomic E-state index is -0.359. The molecule has 6 heteroatoms. The molecule has 1 aromatic heterocycles. The fraction of sp³-hybridized carbons (Fsp3) is 0.316. The van der Waals surface area contributed by atoms with Crippen LogP contribution in [0.2, 0.25) is 0 Å². The second kappa shape index (κ2) is 7.88. The summed E-state index contributed by atoms with van der Waals surface area (Å²) >= 11 is 0. The second-order valence-electron chi connectivity index (χ2n) is 6.19. The molecule has 0 radical (unpaired) electrons. The van der Waals surface area contributed by atoms with Crippen molar-refractivity contribution in [1.82, 2.24) is 15.2 Å². The first-order valence-electron chi connectivity index (χ1n) is 8.36. The highest BCUT2D eigenvalue weighted by molar-refractivity contribution is 5.94. The number of carbonyl (C=O) groups is 2. The van der Waals surface area contributed by atoms with E-state index >= 15 is 0 Å². The first-order valence-corrected chi connectivity index (χ1v) is 8.36. The molecule has 1 N–H and O–H groups in total. The molecule has 1 aliphatic rings. The molecule has 2 amide bonds. The molecule has 1 aromatic carbocycles. The number of amides is 2. The van der Waals surface area contributed by atoms with Crippen molar-refractivity contribution in [2.24, 2.45) is 5.92 Å². The Morgan fingerprint density at radius 2 is 1.68 bits per heavy atom. The lowest BCUT2D eigenvalue weighted by atomic mass is 9.96. The number of benzene rings is 1. The van der Waals surface area contributed by atoms with Gasteiger partial charge in [-0.3, -0.25) is 14.6 Å². The Morgan fingerprint density at radius 1 is 1.04 bits per heavy atom. The van der Waals surface area contributed by atoms with Crippen LogP contribution < -0.4 is 5.32 Å². The highest BCUT2D eigenvalue weighted by Crippen LogP contribution is 2.18. The largest absolute Gasteiger partial charge is 0.352 e. The molecule has 5 nitrogen and oxygen atoms in total. The van der Waals surface area contributed by atoms with Gasteiger partial charge in [0.05, 0.1) is 0 Å². The van der Waals surface area contributed by atoms with Gasteiger partial charge in [-0.05, 0) is 55.2 Å². The van der Waals surface area contributed by atoms with Gasteiger partial charge < -0.3 is 10.2 Å². The van der Waals surface area contributed by atoms with Crippen molar-refractivity contribution in [3.8, 4) is 0 Å². The standard InChI is InChI=1S/C19H20FN3O2/c20-17-3-1-15(2-4-17)18(24)22-13-14-7-11-23(12-8-14)19(25)16-5-9-21-10-6-16/h1-6,9-10,14H,7-8,11-13H2,(H,22,24). The Kier molecular flexibility index (Phi) is 5.38. The van der Waals surface area contributed by atoms with Crippen LogP contribution in [-0.2, 0) is 0 Å². The molecule has 0 atom stereocenters. The summed E-state index contributed by atoms with van der Waals surface area (Å²) in [6.45, 7) is 1.92. The van der Waals surface area contributed by atoms with Crippen LogP contribution in [0.25, 0.3) is 0 Å². The van der Waals surface area contributed by atoms with E-state index in [1.54, 1.807) is 24.5 Å². The van der Waals surface area contributed by atoms with E-state index in [9.17, 15) is 14.0 Å². The quantitative estimate of drug-likeness (QED) is 0.929. The van der Waals surface area contributed by atoms with E-state index in [4.69, 9.17) is 0 Å². The Morgan fingerprint density at radius 3 is 2.32 bits per heavy atom. The summed E-state index contributed by atoms with van der Waals surface area (Å²) in [6, 6.07) is 8.94. The normalized spacial score (nSPS) is 15.0. The van der Waals surface area contributed by atoms with E-state index in [0.717, 1.165) is 12.8 Å². The SMILES string of the molecule is O=C(NCC1CCN(C(=O)c2ccncc2)CC1)c1ccc(F)cc1. The van der Waals surface area contributed by atoms with Gasteiger partial charge in [0.25, 0.3) is 11.8 Å². The lowest BCUT2D eigenvalue weighted by Crippen LogP contribution is -2.41. The van der Waals surface area contributed by atoms with Gasteiger partial charge >= 0.3 is 0 Å². The van der Waals surface area contributed by atoms with Crippen LogP contribution in [0.4, 0.5) is 4.39 Å². The van der Waals surface area contributed by atoms with Gasteiger partial charge in [0.15, 0.2) is 0 Å².